The molecule has 0 aromatic heterocycles. The first kappa shape index (κ1) is 18.8. The molecule has 5 nitrogen and oxygen atoms in total. The summed E-state index contributed by atoms with van der Waals surface area (Å²) in [5.74, 6) is -1.54. The highest BCUT2D eigenvalue weighted by Crippen LogP contribution is 2.37. The summed E-state index contributed by atoms with van der Waals surface area (Å²) >= 11 is 6.05. The van der Waals surface area contributed by atoms with Crippen molar-refractivity contribution in [3.8, 4) is 11.5 Å². The van der Waals surface area contributed by atoms with E-state index >= 15 is 0 Å². The van der Waals surface area contributed by atoms with Gasteiger partial charge in [0.15, 0.2) is 0 Å². The summed E-state index contributed by atoms with van der Waals surface area (Å²) in [4.78, 5) is 12.2. The van der Waals surface area contributed by atoms with Crippen LogP contribution in [0.4, 0.5) is 0 Å². The van der Waals surface area contributed by atoms with Crippen LogP contribution >= 0.6 is 11.6 Å². The van der Waals surface area contributed by atoms with Crippen LogP contribution in [0.15, 0.2) is 30.9 Å². The standard InChI is InChI=1S/C17H20ClNO4/c1-3-5-7-11(19)9-12-15(17(22)23-8-6-4-2)13(20)10-14(21)16(12)18/h4-5,7,10,19-21H,2-3,6,8-9H2,1H3/b7-5+,19-11?. The Bertz CT molecular complexity index is 638. The monoisotopic (exact) mass is 337 g/mol. The Hall–Kier alpha value is -2.27. The van der Waals surface area contributed by atoms with Gasteiger partial charge in [-0.15, -0.1) is 6.58 Å². The number of hydrogen-bond donors (Lipinski definition) is 3. The third kappa shape index (κ3) is 5.14. The quantitative estimate of drug-likeness (QED) is 0.289. The number of hydrogen-bond acceptors (Lipinski definition) is 5. The number of halogens is 1. The van der Waals surface area contributed by atoms with Crippen molar-refractivity contribution in [3.63, 3.8) is 0 Å². The first-order chi connectivity index (χ1) is 10.9. The highest BCUT2D eigenvalue weighted by atomic mass is 35.5. The number of esters is 1. The largest absolute Gasteiger partial charge is 0.507 e. The van der Waals surface area contributed by atoms with Gasteiger partial charge in [-0.3, -0.25) is 0 Å². The molecular formula is C17H20ClNO4. The lowest BCUT2D eigenvalue weighted by Gasteiger charge is -2.14. The average Bonchev–Trinajstić information content (AvgIpc) is 2.50. The van der Waals surface area contributed by atoms with Gasteiger partial charge in [0.25, 0.3) is 0 Å². The maximum absolute atomic E-state index is 12.2. The number of nitrogens with one attached hydrogen (secondary N) is 1. The zero-order valence-electron chi connectivity index (χ0n) is 12.9. The van der Waals surface area contributed by atoms with Gasteiger partial charge in [0.2, 0.25) is 0 Å². The zero-order chi connectivity index (χ0) is 17.4. The Morgan fingerprint density at radius 3 is 2.74 bits per heavy atom. The molecule has 1 aromatic rings. The molecule has 0 saturated heterocycles. The van der Waals surface area contributed by atoms with Crippen LogP contribution in [0.3, 0.4) is 0 Å². The van der Waals surface area contributed by atoms with E-state index < -0.39 is 11.7 Å². The fourth-order valence-corrected chi connectivity index (χ4v) is 2.11. The van der Waals surface area contributed by atoms with Crippen LogP contribution in [0.2, 0.25) is 5.02 Å². The molecule has 1 aromatic carbocycles. The Balaban J connectivity index is 3.19. The van der Waals surface area contributed by atoms with E-state index in [2.05, 4.69) is 6.58 Å². The third-order valence-corrected chi connectivity index (χ3v) is 3.42. The smallest absolute Gasteiger partial charge is 0.342 e. The lowest BCUT2D eigenvalue weighted by atomic mass is 9.99. The van der Waals surface area contributed by atoms with Gasteiger partial charge in [0, 0.05) is 18.2 Å². The van der Waals surface area contributed by atoms with Crippen LogP contribution in [-0.2, 0) is 11.2 Å². The second-order valence-corrected chi connectivity index (χ2v) is 5.19. The lowest BCUT2D eigenvalue weighted by Crippen LogP contribution is -2.12. The number of allylic oxidation sites excluding steroid dienone is 2. The molecule has 124 valence electrons. The van der Waals surface area contributed by atoms with E-state index in [-0.39, 0.29) is 40.6 Å². The summed E-state index contributed by atoms with van der Waals surface area (Å²) in [5.41, 5.74) is 0.226. The van der Waals surface area contributed by atoms with Gasteiger partial charge in [0.05, 0.1) is 11.6 Å². The van der Waals surface area contributed by atoms with Crippen molar-refractivity contribution in [1.82, 2.24) is 0 Å². The number of benzene rings is 1. The molecular weight excluding hydrogens is 318 g/mol. The van der Waals surface area contributed by atoms with E-state index in [4.69, 9.17) is 21.7 Å². The van der Waals surface area contributed by atoms with Crippen LogP contribution < -0.4 is 0 Å². The molecule has 6 heteroatoms. The van der Waals surface area contributed by atoms with Crippen molar-refractivity contribution in [3.05, 3.63) is 47.0 Å². The fourth-order valence-electron chi connectivity index (χ4n) is 1.89. The molecule has 23 heavy (non-hydrogen) atoms. The molecule has 0 aliphatic rings. The normalized spacial score (nSPS) is 10.7. The molecule has 0 spiro atoms. The van der Waals surface area contributed by atoms with Crippen LogP contribution in [0, 0.1) is 5.41 Å². The fraction of sp³-hybridized carbons (Fsp3) is 0.294. The molecule has 0 saturated carbocycles. The Labute approximate surface area is 140 Å². The molecule has 0 amide bonds. The molecule has 0 radical (unpaired) electrons. The van der Waals surface area contributed by atoms with E-state index in [1.165, 1.54) is 0 Å². The zero-order valence-corrected chi connectivity index (χ0v) is 13.7. The predicted octanol–water partition coefficient (Wildman–Crippen LogP) is 4.01. The van der Waals surface area contributed by atoms with Crippen LogP contribution in [0.25, 0.3) is 0 Å². The van der Waals surface area contributed by atoms with E-state index in [0.717, 1.165) is 12.5 Å². The van der Waals surface area contributed by atoms with Crippen LogP contribution in [0.1, 0.15) is 35.7 Å². The SMILES string of the molecule is C=CCCOC(=O)c1c(O)cc(O)c(Cl)c1CC(=N)/C=C/CC. The summed E-state index contributed by atoms with van der Waals surface area (Å²) in [6.45, 7) is 5.58. The molecule has 0 heterocycles. The van der Waals surface area contributed by atoms with E-state index in [9.17, 15) is 15.0 Å². The minimum Gasteiger partial charge on any atom is -0.507 e. The number of phenols is 2. The number of rotatable bonds is 8. The van der Waals surface area contributed by atoms with Gasteiger partial charge in [-0.05, 0) is 24.5 Å². The van der Waals surface area contributed by atoms with Crippen LogP contribution in [0.5, 0.6) is 11.5 Å². The minimum absolute atomic E-state index is 0.0107. The van der Waals surface area contributed by atoms with Crippen LogP contribution in [-0.4, -0.2) is 28.5 Å². The highest BCUT2D eigenvalue weighted by molar-refractivity contribution is 6.33. The number of ether oxygens (including phenoxy) is 1. The maximum Gasteiger partial charge on any atom is 0.342 e. The second kappa shape index (κ2) is 9.00. The predicted molar refractivity (Wildman–Crippen MR) is 90.7 cm³/mol. The van der Waals surface area contributed by atoms with Crippen molar-refractivity contribution in [2.24, 2.45) is 0 Å². The van der Waals surface area contributed by atoms with E-state index in [1.807, 2.05) is 6.92 Å². The minimum atomic E-state index is -0.756. The van der Waals surface area contributed by atoms with Gasteiger partial charge >= 0.3 is 5.97 Å². The number of aromatic hydroxyl groups is 2. The van der Waals surface area contributed by atoms with Crippen molar-refractivity contribution in [2.45, 2.75) is 26.2 Å². The number of carbonyl (C=O) groups excluding carboxylic acids is 1. The summed E-state index contributed by atoms with van der Waals surface area (Å²) in [7, 11) is 0. The molecule has 3 N–H and O–H groups in total. The first-order valence-electron chi connectivity index (χ1n) is 7.17. The summed E-state index contributed by atoms with van der Waals surface area (Å²) in [6.07, 6.45) is 6.21. The van der Waals surface area contributed by atoms with Gasteiger partial charge in [-0.1, -0.05) is 30.7 Å². The lowest BCUT2D eigenvalue weighted by molar-refractivity contribution is 0.0507. The molecule has 0 aliphatic carbocycles. The van der Waals surface area contributed by atoms with Crippen molar-refractivity contribution in [1.29, 1.82) is 5.41 Å². The molecule has 0 fully saturated rings. The Morgan fingerprint density at radius 2 is 2.13 bits per heavy atom. The first-order valence-corrected chi connectivity index (χ1v) is 7.55. The third-order valence-electron chi connectivity index (χ3n) is 3.00. The van der Waals surface area contributed by atoms with E-state index in [1.54, 1.807) is 18.2 Å². The van der Waals surface area contributed by atoms with Gasteiger partial charge in [0.1, 0.15) is 17.1 Å². The molecule has 0 unspecified atom stereocenters. The molecule has 0 aliphatic heterocycles. The van der Waals surface area contributed by atoms with Crippen molar-refractivity contribution < 1.29 is 19.7 Å². The molecule has 1 rings (SSSR count). The Morgan fingerprint density at radius 1 is 1.43 bits per heavy atom. The molecule has 0 bridgehead atoms. The Kier molecular flexibility index (Phi) is 7.35. The average molecular weight is 338 g/mol. The number of phenolic OH excluding ortho intramolecular Hbond substituents is 2. The summed E-state index contributed by atoms with van der Waals surface area (Å²) in [6, 6.07) is 0.988. The number of carbonyl (C=O) groups is 1. The molecule has 0 atom stereocenters. The summed E-state index contributed by atoms with van der Waals surface area (Å²) in [5, 5.41) is 27.6. The van der Waals surface area contributed by atoms with Gasteiger partial charge < -0.3 is 20.4 Å². The van der Waals surface area contributed by atoms with Crippen molar-refractivity contribution in [2.75, 3.05) is 6.61 Å². The summed E-state index contributed by atoms with van der Waals surface area (Å²) < 4.78 is 5.05. The van der Waals surface area contributed by atoms with Crippen molar-refractivity contribution >= 4 is 23.3 Å². The van der Waals surface area contributed by atoms with Gasteiger partial charge in [-0.2, -0.15) is 0 Å². The second-order valence-electron chi connectivity index (χ2n) is 4.81. The topological polar surface area (TPSA) is 90.6 Å². The van der Waals surface area contributed by atoms with Gasteiger partial charge in [-0.25, -0.2) is 4.79 Å². The van der Waals surface area contributed by atoms with E-state index in [0.29, 0.717) is 6.42 Å². The maximum atomic E-state index is 12.2. The highest BCUT2D eigenvalue weighted by Gasteiger charge is 2.23.